The van der Waals surface area contributed by atoms with Crippen LogP contribution in [0.5, 0.6) is 28.7 Å². The van der Waals surface area contributed by atoms with Crippen LogP contribution >= 0.6 is 0 Å². The lowest BCUT2D eigenvalue weighted by molar-refractivity contribution is 0.0686. The van der Waals surface area contributed by atoms with Crippen LogP contribution in [0.1, 0.15) is 57.2 Å². The van der Waals surface area contributed by atoms with Gasteiger partial charge in [-0.25, -0.2) is 26.4 Å². The van der Waals surface area contributed by atoms with E-state index in [4.69, 9.17) is 33.9 Å². The first kappa shape index (κ1) is 47.2. The fourth-order valence-corrected chi connectivity index (χ4v) is 8.63. The van der Waals surface area contributed by atoms with E-state index in [0.29, 0.717) is 57.7 Å². The molecule has 0 aliphatic carbocycles. The molecule has 0 aliphatic rings. The topological polar surface area (TPSA) is 213 Å². The molecule has 0 bridgehead atoms. The zero-order valence-electron chi connectivity index (χ0n) is 34.5. The highest BCUT2D eigenvalue weighted by atomic mass is 32.2. The van der Waals surface area contributed by atoms with Gasteiger partial charge in [-0.3, -0.25) is 9.44 Å². The summed E-state index contributed by atoms with van der Waals surface area (Å²) in [5, 5.41) is 17.8. The first-order chi connectivity index (χ1) is 29.0. The molecule has 0 fully saturated rings. The summed E-state index contributed by atoms with van der Waals surface area (Å²) in [7, 11) is -5.76. The molecule has 326 valence electrons. The zero-order chi connectivity index (χ0) is 44.6. The summed E-state index contributed by atoms with van der Waals surface area (Å²) in [5.74, 6) is 0.495. The number of hydrogen-bond acceptors (Lipinski definition) is 11. The molecule has 0 aromatic heterocycles. The van der Waals surface area contributed by atoms with Crippen molar-refractivity contribution in [3.8, 4) is 28.7 Å². The second kappa shape index (κ2) is 22.2. The third-order valence-corrected chi connectivity index (χ3v) is 12.0. The van der Waals surface area contributed by atoms with Gasteiger partial charge in [0.2, 0.25) is 10.0 Å². The van der Waals surface area contributed by atoms with Gasteiger partial charge in [0, 0.05) is 0 Å². The SMILES string of the molecule is CCCCS(=O)(=O)Nc1ccccc1OCCOc1ccc(C(=O)O)cc1.COc1cc(C)c(S(=O)(=O)Nc2ccccc2OCCOc2ccc(C(=O)O)cc2)c(C)c1C. The number of hydrogen-bond donors (Lipinski definition) is 4. The zero-order valence-corrected chi connectivity index (χ0v) is 36.1. The van der Waals surface area contributed by atoms with Crippen molar-refractivity contribution in [2.75, 3.05) is 48.7 Å². The Kier molecular flexibility index (Phi) is 17.2. The maximum Gasteiger partial charge on any atom is 0.335 e. The van der Waals surface area contributed by atoms with Crippen LogP contribution in [0.3, 0.4) is 0 Å². The standard InChI is InChI=1S/C25H27NO7S.C19H23NO6S/c1-16-15-23(31-4)17(2)18(3)24(16)34(29,30)26-21-7-5-6-8-22(21)33-14-13-32-20-11-9-19(10-12-20)25(27)28;1-2-3-14-27(23,24)20-17-6-4-5-7-18(17)26-13-12-25-16-10-8-15(9-11-16)19(21)22/h5-12,15,26H,13-14H2,1-4H3,(H,27,28);4-11,20H,2-3,12-14H2,1H3,(H,21,22). The molecule has 4 N–H and O–H groups in total. The molecule has 5 aromatic rings. The molecule has 0 spiro atoms. The van der Waals surface area contributed by atoms with E-state index in [1.165, 1.54) is 24.3 Å². The van der Waals surface area contributed by atoms with Crippen LogP contribution in [0.4, 0.5) is 11.4 Å². The highest BCUT2D eigenvalue weighted by molar-refractivity contribution is 7.93. The van der Waals surface area contributed by atoms with Gasteiger partial charge in [0.25, 0.3) is 10.0 Å². The fraction of sp³-hybridized carbons (Fsp3) is 0.273. The van der Waals surface area contributed by atoms with E-state index in [1.807, 2.05) is 13.8 Å². The Morgan fingerprint density at radius 3 is 1.48 bits per heavy atom. The lowest BCUT2D eigenvalue weighted by Gasteiger charge is -2.18. The number of aryl methyl sites for hydroxylation is 1. The molecule has 15 nitrogen and oxygen atoms in total. The molecule has 0 atom stereocenters. The van der Waals surface area contributed by atoms with Gasteiger partial charge >= 0.3 is 11.9 Å². The number of aromatic carboxylic acids is 2. The number of benzene rings is 5. The van der Waals surface area contributed by atoms with Gasteiger partial charge in [-0.2, -0.15) is 0 Å². The van der Waals surface area contributed by atoms with E-state index in [9.17, 15) is 26.4 Å². The van der Waals surface area contributed by atoms with Crippen molar-refractivity contribution in [2.45, 2.75) is 45.4 Å². The van der Waals surface area contributed by atoms with Gasteiger partial charge in [-0.15, -0.1) is 0 Å². The van der Waals surface area contributed by atoms with Crippen LogP contribution in [0, 0.1) is 20.8 Å². The number of carboxylic acids is 2. The predicted octanol–water partition coefficient (Wildman–Crippen LogP) is 7.96. The Bertz CT molecular complexity index is 2470. The molecule has 5 rings (SSSR count). The lowest BCUT2D eigenvalue weighted by atomic mass is 10.1. The molecule has 0 amide bonds. The number of ether oxygens (including phenoxy) is 5. The predicted molar refractivity (Wildman–Crippen MR) is 232 cm³/mol. The summed E-state index contributed by atoms with van der Waals surface area (Å²) in [4.78, 5) is 21.9. The van der Waals surface area contributed by atoms with E-state index >= 15 is 0 Å². The van der Waals surface area contributed by atoms with Crippen molar-refractivity contribution in [1.29, 1.82) is 0 Å². The summed E-state index contributed by atoms with van der Waals surface area (Å²) >= 11 is 0. The molecule has 17 heteroatoms. The van der Waals surface area contributed by atoms with E-state index in [0.717, 1.165) is 12.0 Å². The lowest BCUT2D eigenvalue weighted by Crippen LogP contribution is -2.18. The molecule has 0 aliphatic heterocycles. The molecule has 0 saturated carbocycles. The number of para-hydroxylation sites is 4. The number of unbranched alkanes of at least 4 members (excludes halogenated alkanes) is 1. The second-order valence-electron chi connectivity index (χ2n) is 13.4. The molecule has 5 aromatic carbocycles. The highest BCUT2D eigenvalue weighted by Gasteiger charge is 2.24. The minimum Gasteiger partial charge on any atom is -0.496 e. The Hall–Kier alpha value is -6.46. The number of methoxy groups -OCH3 is 1. The molecule has 0 heterocycles. The molecule has 61 heavy (non-hydrogen) atoms. The van der Waals surface area contributed by atoms with Crippen molar-refractivity contribution < 1.29 is 60.3 Å². The summed E-state index contributed by atoms with van der Waals surface area (Å²) in [5.41, 5.74) is 3.00. The van der Waals surface area contributed by atoms with E-state index < -0.39 is 32.0 Å². The minimum atomic E-state index is -3.89. The van der Waals surface area contributed by atoms with Gasteiger partial charge in [0.05, 0.1) is 40.3 Å². The van der Waals surface area contributed by atoms with Crippen molar-refractivity contribution in [3.05, 3.63) is 131 Å². The Morgan fingerprint density at radius 2 is 1.03 bits per heavy atom. The largest absolute Gasteiger partial charge is 0.496 e. The number of carbonyl (C=O) groups is 2. The van der Waals surface area contributed by atoms with Crippen molar-refractivity contribution >= 4 is 43.4 Å². The third-order valence-electron chi connectivity index (χ3n) is 8.94. The normalized spacial score (nSPS) is 11.0. The third kappa shape index (κ3) is 14.1. The van der Waals surface area contributed by atoms with Crippen LogP contribution in [0.25, 0.3) is 0 Å². The Balaban J connectivity index is 0.000000276. The summed E-state index contributed by atoms with van der Waals surface area (Å²) in [6.45, 7) is 8.00. The van der Waals surface area contributed by atoms with E-state index in [2.05, 4.69) is 9.44 Å². The average Bonchev–Trinajstić information content (AvgIpc) is 3.23. The number of carboxylic acid groups (broad SMARTS) is 2. The average molecular weight is 879 g/mol. The number of sulfonamides is 2. The smallest absolute Gasteiger partial charge is 0.335 e. The van der Waals surface area contributed by atoms with Gasteiger partial charge in [0.15, 0.2) is 0 Å². The van der Waals surface area contributed by atoms with Crippen LogP contribution in [-0.4, -0.2) is 78.3 Å². The summed E-state index contributed by atoms with van der Waals surface area (Å²) in [6, 6.07) is 27.3. The molecular weight excluding hydrogens is 829 g/mol. The van der Waals surface area contributed by atoms with E-state index in [1.54, 1.807) is 99.8 Å². The summed E-state index contributed by atoms with van der Waals surface area (Å²) in [6.07, 6.45) is 1.39. The monoisotopic (exact) mass is 878 g/mol. The first-order valence-corrected chi connectivity index (χ1v) is 22.2. The maximum atomic E-state index is 13.3. The molecule has 0 unspecified atom stereocenters. The first-order valence-electron chi connectivity index (χ1n) is 19.1. The van der Waals surface area contributed by atoms with E-state index in [-0.39, 0.29) is 48.2 Å². The van der Waals surface area contributed by atoms with Crippen molar-refractivity contribution in [1.82, 2.24) is 0 Å². The van der Waals surface area contributed by atoms with Crippen molar-refractivity contribution in [2.24, 2.45) is 0 Å². The molecular formula is C44H50N2O13S2. The van der Waals surface area contributed by atoms with Gasteiger partial charge in [-0.1, -0.05) is 37.6 Å². The maximum absolute atomic E-state index is 13.3. The number of anilines is 2. The van der Waals surface area contributed by atoms with Crippen LogP contribution < -0.4 is 33.1 Å². The Labute approximate surface area is 356 Å². The van der Waals surface area contributed by atoms with Crippen LogP contribution in [0.2, 0.25) is 0 Å². The number of nitrogens with one attached hydrogen (secondary N) is 2. The second-order valence-corrected chi connectivity index (χ2v) is 16.9. The Morgan fingerprint density at radius 1 is 0.590 bits per heavy atom. The molecule has 0 saturated heterocycles. The van der Waals surface area contributed by atoms with Crippen LogP contribution in [0.15, 0.2) is 108 Å². The van der Waals surface area contributed by atoms with Gasteiger partial charge < -0.3 is 33.9 Å². The minimum absolute atomic E-state index is 0.0628. The van der Waals surface area contributed by atoms with Gasteiger partial charge in [0.1, 0.15) is 55.2 Å². The van der Waals surface area contributed by atoms with Gasteiger partial charge in [-0.05, 0) is 123 Å². The highest BCUT2D eigenvalue weighted by Crippen LogP contribution is 2.33. The van der Waals surface area contributed by atoms with Crippen LogP contribution in [-0.2, 0) is 20.0 Å². The quantitative estimate of drug-likeness (QED) is 0.0516. The van der Waals surface area contributed by atoms with Crippen molar-refractivity contribution in [3.63, 3.8) is 0 Å². The fourth-order valence-electron chi connectivity index (χ4n) is 5.76. The molecule has 0 radical (unpaired) electrons. The number of rotatable bonds is 21. The summed E-state index contributed by atoms with van der Waals surface area (Å²) < 4.78 is 83.6.